The van der Waals surface area contributed by atoms with Crippen molar-refractivity contribution in [3.8, 4) is 0 Å². The summed E-state index contributed by atoms with van der Waals surface area (Å²) in [6, 6.07) is -0.471. The molecule has 0 saturated carbocycles. The standard InChI is InChI=1S/C9H14F3N3/c1-5(2)3-6(13)8-14-4-7(15-8)9(10,11)12/h4-6H,3,13H2,1-2H3,(H,14,15). The van der Waals surface area contributed by atoms with E-state index in [0.29, 0.717) is 12.3 Å². The molecule has 1 rings (SSSR count). The molecule has 1 aromatic heterocycles. The molecule has 86 valence electrons. The van der Waals surface area contributed by atoms with Crippen molar-refractivity contribution >= 4 is 0 Å². The van der Waals surface area contributed by atoms with Gasteiger partial charge in [-0.25, -0.2) is 4.98 Å². The van der Waals surface area contributed by atoms with Crippen LogP contribution in [0.3, 0.4) is 0 Å². The van der Waals surface area contributed by atoms with Crippen LogP contribution in [0.4, 0.5) is 13.2 Å². The van der Waals surface area contributed by atoms with Gasteiger partial charge in [0.25, 0.3) is 0 Å². The molecule has 1 atom stereocenters. The van der Waals surface area contributed by atoms with Crippen molar-refractivity contribution in [3.63, 3.8) is 0 Å². The predicted octanol–water partition coefficient (Wildman–Crippen LogP) is 2.47. The molecule has 0 amide bonds. The highest BCUT2D eigenvalue weighted by molar-refractivity contribution is 5.07. The first-order valence-corrected chi connectivity index (χ1v) is 4.68. The van der Waals surface area contributed by atoms with E-state index < -0.39 is 17.9 Å². The van der Waals surface area contributed by atoms with E-state index in [9.17, 15) is 13.2 Å². The highest BCUT2D eigenvalue weighted by Gasteiger charge is 2.33. The topological polar surface area (TPSA) is 54.7 Å². The molecular formula is C9H14F3N3. The summed E-state index contributed by atoms with van der Waals surface area (Å²) >= 11 is 0. The second-order valence-corrected chi connectivity index (χ2v) is 3.92. The smallest absolute Gasteiger partial charge is 0.337 e. The summed E-state index contributed by atoms with van der Waals surface area (Å²) in [5.74, 6) is 0.510. The Morgan fingerprint density at radius 3 is 2.47 bits per heavy atom. The van der Waals surface area contributed by atoms with Gasteiger partial charge in [-0.05, 0) is 12.3 Å². The molecule has 3 nitrogen and oxygen atoms in total. The fourth-order valence-electron chi connectivity index (χ4n) is 1.29. The molecule has 1 unspecified atom stereocenters. The third kappa shape index (κ3) is 3.23. The maximum absolute atomic E-state index is 12.2. The molecule has 1 heterocycles. The van der Waals surface area contributed by atoms with Gasteiger partial charge in [0.2, 0.25) is 0 Å². The van der Waals surface area contributed by atoms with Crippen LogP contribution in [0.5, 0.6) is 0 Å². The minimum absolute atomic E-state index is 0.191. The van der Waals surface area contributed by atoms with Crippen molar-refractivity contribution in [2.24, 2.45) is 11.7 Å². The number of H-pyrrole nitrogens is 1. The second kappa shape index (κ2) is 4.22. The number of aromatic amines is 1. The van der Waals surface area contributed by atoms with Crippen LogP contribution in [0.1, 0.15) is 37.8 Å². The summed E-state index contributed by atoms with van der Waals surface area (Å²) in [7, 11) is 0. The molecule has 0 aromatic carbocycles. The Kier molecular flexibility index (Phi) is 3.38. The lowest BCUT2D eigenvalue weighted by molar-refractivity contribution is -0.140. The van der Waals surface area contributed by atoms with Gasteiger partial charge in [0.1, 0.15) is 11.5 Å². The largest absolute Gasteiger partial charge is 0.432 e. The number of nitrogens with zero attached hydrogens (tertiary/aromatic N) is 1. The predicted molar refractivity (Wildman–Crippen MR) is 50.0 cm³/mol. The minimum atomic E-state index is -4.39. The first kappa shape index (κ1) is 12.0. The lowest BCUT2D eigenvalue weighted by Crippen LogP contribution is -2.15. The number of imidazole rings is 1. The third-order valence-corrected chi connectivity index (χ3v) is 1.98. The molecule has 15 heavy (non-hydrogen) atoms. The van der Waals surface area contributed by atoms with Crippen LogP contribution < -0.4 is 5.73 Å². The summed E-state index contributed by atoms with van der Waals surface area (Å²) < 4.78 is 36.6. The molecule has 0 radical (unpaired) electrons. The second-order valence-electron chi connectivity index (χ2n) is 3.92. The Bertz CT molecular complexity index is 317. The summed E-state index contributed by atoms with van der Waals surface area (Å²) in [4.78, 5) is 5.83. The van der Waals surface area contributed by atoms with Gasteiger partial charge in [-0.2, -0.15) is 13.2 Å². The minimum Gasteiger partial charge on any atom is -0.337 e. The Morgan fingerprint density at radius 1 is 1.47 bits per heavy atom. The summed E-state index contributed by atoms with van der Waals surface area (Å²) in [6.07, 6.45) is -3.01. The van der Waals surface area contributed by atoms with Crippen molar-refractivity contribution in [2.45, 2.75) is 32.5 Å². The lowest BCUT2D eigenvalue weighted by Gasteiger charge is -2.11. The number of nitrogens with one attached hydrogen (secondary N) is 1. The average molecular weight is 221 g/mol. The number of rotatable bonds is 3. The number of halogens is 3. The highest BCUT2D eigenvalue weighted by Crippen LogP contribution is 2.28. The van der Waals surface area contributed by atoms with Crippen LogP contribution in [0.15, 0.2) is 6.20 Å². The number of alkyl halides is 3. The van der Waals surface area contributed by atoms with Crippen LogP contribution in [-0.4, -0.2) is 9.97 Å². The Hall–Kier alpha value is -1.04. The zero-order chi connectivity index (χ0) is 11.6. The number of hydrogen-bond donors (Lipinski definition) is 2. The quantitative estimate of drug-likeness (QED) is 0.823. The van der Waals surface area contributed by atoms with Crippen LogP contribution in [-0.2, 0) is 6.18 Å². The van der Waals surface area contributed by atoms with Crippen molar-refractivity contribution in [1.29, 1.82) is 0 Å². The van der Waals surface area contributed by atoms with E-state index in [1.807, 2.05) is 13.8 Å². The number of aromatic nitrogens is 2. The molecule has 6 heteroatoms. The molecule has 0 aliphatic carbocycles. The summed E-state index contributed by atoms with van der Waals surface area (Å²) in [5, 5.41) is 0. The molecule has 0 aliphatic rings. The molecule has 0 bridgehead atoms. The maximum atomic E-state index is 12.2. The van der Waals surface area contributed by atoms with Crippen LogP contribution in [0, 0.1) is 5.92 Å². The fourth-order valence-corrected chi connectivity index (χ4v) is 1.29. The number of hydrogen-bond acceptors (Lipinski definition) is 2. The van der Waals surface area contributed by atoms with E-state index >= 15 is 0 Å². The van der Waals surface area contributed by atoms with E-state index in [2.05, 4.69) is 9.97 Å². The third-order valence-electron chi connectivity index (χ3n) is 1.98. The number of nitrogens with two attached hydrogens (primary N) is 1. The molecule has 0 spiro atoms. The van der Waals surface area contributed by atoms with Gasteiger partial charge in [-0.3, -0.25) is 0 Å². The fraction of sp³-hybridized carbons (Fsp3) is 0.667. The zero-order valence-electron chi connectivity index (χ0n) is 8.60. The van der Waals surface area contributed by atoms with E-state index in [-0.39, 0.29) is 5.82 Å². The highest BCUT2D eigenvalue weighted by atomic mass is 19.4. The first-order valence-electron chi connectivity index (χ1n) is 4.68. The van der Waals surface area contributed by atoms with Crippen LogP contribution in [0.2, 0.25) is 0 Å². The maximum Gasteiger partial charge on any atom is 0.432 e. The van der Waals surface area contributed by atoms with Gasteiger partial charge < -0.3 is 10.7 Å². The van der Waals surface area contributed by atoms with Crippen molar-refractivity contribution in [3.05, 3.63) is 17.7 Å². The molecular weight excluding hydrogens is 207 g/mol. The zero-order valence-corrected chi connectivity index (χ0v) is 8.60. The van der Waals surface area contributed by atoms with E-state index in [4.69, 9.17) is 5.73 Å². The average Bonchev–Trinajstić information content (AvgIpc) is 2.48. The van der Waals surface area contributed by atoms with Crippen LogP contribution in [0.25, 0.3) is 0 Å². The lowest BCUT2D eigenvalue weighted by atomic mass is 10.0. The van der Waals surface area contributed by atoms with Crippen LogP contribution >= 0.6 is 0 Å². The molecule has 3 N–H and O–H groups in total. The normalized spacial score (nSPS) is 14.6. The molecule has 0 fully saturated rings. The summed E-state index contributed by atoms with van der Waals surface area (Å²) in [6.45, 7) is 3.90. The van der Waals surface area contributed by atoms with E-state index in [0.717, 1.165) is 6.20 Å². The summed E-state index contributed by atoms with van der Waals surface area (Å²) in [5.41, 5.74) is 4.84. The van der Waals surface area contributed by atoms with Gasteiger partial charge >= 0.3 is 6.18 Å². The van der Waals surface area contributed by atoms with E-state index in [1.54, 1.807) is 0 Å². The van der Waals surface area contributed by atoms with Gasteiger partial charge in [-0.1, -0.05) is 13.8 Å². The van der Waals surface area contributed by atoms with Gasteiger partial charge in [-0.15, -0.1) is 0 Å². The van der Waals surface area contributed by atoms with Crippen molar-refractivity contribution in [1.82, 2.24) is 9.97 Å². The van der Waals surface area contributed by atoms with Gasteiger partial charge in [0.15, 0.2) is 0 Å². The Morgan fingerprint density at radius 2 is 2.07 bits per heavy atom. The van der Waals surface area contributed by atoms with Gasteiger partial charge in [0.05, 0.1) is 12.2 Å². The molecule has 0 aliphatic heterocycles. The Labute approximate surface area is 85.9 Å². The van der Waals surface area contributed by atoms with Crippen molar-refractivity contribution in [2.75, 3.05) is 0 Å². The first-order chi connectivity index (χ1) is 6.80. The SMILES string of the molecule is CC(C)CC(N)c1ncc(C(F)(F)F)[nH]1. The molecule has 0 saturated heterocycles. The van der Waals surface area contributed by atoms with Crippen molar-refractivity contribution < 1.29 is 13.2 Å². The molecule has 1 aromatic rings. The van der Waals surface area contributed by atoms with E-state index in [1.165, 1.54) is 0 Å². The monoisotopic (exact) mass is 221 g/mol. The Balaban J connectivity index is 2.76. The van der Waals surface area contributed by atoms with Gasteiger partial charge in [0, 0.05) is 0 Å².